The van der Waals surface area contributed by atoms with E-state index in [1.165, 1.54) is 0 Å². The fourth-order valence-electron chi connectivity index (χ4n) is 3.36. The van der Waals surface area contributed by atoms with Crippen LogP contribution in [0.5, 0.6) is 11.5 Å². The van der Waals surface area contributed by atoms with E-state index >= 15 is 0 Å². The van der Waals surface area contributed by atoms with Gasteiger partial charge in [0.1, 0.15) is 5.75 Å². The quantitative estimate of drug-likeness (QED) is 0.436. The zero-order valence-electron chi connectivity index (χ0n) is 16.9. The Morgan fingerprint density at radius 1 is 1.18 bits per heavy atom. The smallest absolute Gasteiger partial charge is 0.355 e. The van der Waals surface area contributed by atoms with Crippen molar-refractivity contribution in [3.05, 3.63) is 59.3 Å². The van der Waals surface area contributed by atoms with E-state index in [0.717, 1.165) is 27.7 Å². The van der Waals surface area contributed by atoms with Gasteiger partial charge >= 0.3 is 5.97 Å². The van der Waals surface area contributed by atoms with Gasteiger partial charge in [-0.2, -0.15) is 0 Å². The fraction of sp³-hybridized carbons (Fsp3) is 0.348. The maximum absolute atomic E-state index is 11.6. The Morgan fingerprint density at radius 2 is 1.96 bits per heavy atom. The molecular formula is C23H27NO4. The number of phenolic OH excluding ortho intramolecular Hbond substituents is 1. The monoisotopic (exact) mass is 381 g/mol. The molecule has 0 amide bonds. The number of phenols is 1. The lowest BCUT2D eigenvalue weighted by Crippen LogP contribution is -2.07. The number of carbonyl (C=O) groups is 1. The molecule has 1 aromatic heterocycles. The van der Waals surface area contributed by atoms with Crippen LogP contribution in [0.2, 0.25) is 0 Å². The van der Waals surface area contributed by atoms with Crippen molar-refractivity contribution in [1.82, 2.24) is 4.57 Å². The van der Waals surface area contributed by atoms with Crippen LogP contribution in [0, 0.1) is 6.92 Å². The van der Waals surface area contributed by atoms with Crippen molar-refractivity contribution >= 4 is 16.9 Å². The Kier molecular flexibility index (Phi) is 5.93. The van der Waals surface area contributed by atoms with Gasteiger partial charge in [0.2, 0.25) is 0 Å². The van der Waals surface area contributed by atoms with Crippen molar-refractivity contribution in [3.8, 4) is 11.5 Å². The number of nitrogens with zero attached hydrogens (tertiary/aromatic N) is 1. The van der Waals surface area contributed by atoms with Gasteiger partial charge in [-0.1, -0.05) is 39.0 Å². The predicted octanol–water partition coefficient (Wildman–Crippen LogP) is 5.46. The van der Waals surface area contributed by atoms with Gasteiger partial charge in [-0.05, 0) is 54.7 Å². The maximum atomic E-state index is 11.6. The SMILES string of the molecule is CCCC(=O)OOc1cccc2c1cc(C)n2Cc1ccc(O)c(C(C)C)c1. The highest BCUT2D eigenvalue weighted by molar-refractivity contribution is 5.87. The van der Waals surface area contributed by atoms with Gasteiger partial charge < -0.3 is 9.67 Å². The average Bonchev–Trinajstić information content (AvgIpc) is 2.97. The molecular weight excluding hydrogens is 354 g/mol. The number of benzene rings is 2. The topological polar surface area (TPSA) is 60.7 Å². The summed E-state index contributed by atoms with van der Waals surface area (Å²) in [4.78, 5) is 21.9. The minimum Gasteiger partial charge on any atom is -0.508 e. The summed E-state index contributed by atoms with van der Waals surface area (Å²) < 4.78 is 2.19. The first-order valence-electron chi connectivity index (χ1n) is 9.68. The standard InChI is InChI=1S/C23H27NO4/c1-5-7-23(26)28-27-22-9-6-8-20-19(22)12-16(4)24(20)14-17-10-11-21(25)18(13-17)15(2)3/h6,8-13,15,25H,5,7,14H2,1-4H3. The molecule has 0 aliphatic rings. The first kappa shape index (κ1) is 19.8. The summed E-state index contributed by atoms with van der Waals surface area (Å²) in [5.74, 6) is 0.732. The van der Waals surface area contributed by atoms with Crippen molar-refractivity contribution in [2.45, 2.75) is 53.0 Å². The molecule has 1 heterocycles. The minimum absolute atomic E-state index is 0.250. The molecule has 1 N–H and O–H groups in total. The lowest BCUT2D eigenvalue weighted by atomic mass is 9.99. The van der Waals surface area contributed by atoms with Crippen LogP contribution in [0.25, 0.3) is 10.9 Å². The van der Waals surface area contributed by atoms with Gasteiger partial charge in [0.25, 0.3) is 0 Å². The molecule has 0 radical (unpaired) electrons. The molecule has 0 aliphatic heterocycles. The van der Waals surface area contributed by atoms with Crippen LogP contribution in [-0.2, 0) is 16.2 Å². The second kappa shape index (κ2) is 8.38. The van der Waals surface area contributed by atoms with Crippen LogP contribution < -0.4 is 4.89 Å². The summed E-state index contributed by atoms with van der Waals surface area (Å²) in [6.45, 7) is 8.77. The highest BCUT2D eigenvalue weighted by Crippen LogP contribution is 2.31. The van der Waals surface area contributed by atoms with Gasteiger partial charge in [-0.15, -0.1) is 0 Å². The van der Waals surface area contributed by atoms with Crippen molar-refractivity contribution in [2.75, 3.05) is 0 Å². The molecule has 0 unspecified atom stereocenters. The number of hydrogen-bond donors (Lipinski definition) is 1. The third-order valence-corrected chi connectivity index (χ3v) is 4.85. The highest BCUT2D eigenvalue weighted by Gasteiger charge is 2.14. The first-order chi connectivity index (χ1) is 13.4. The summed E-state index contributed by atoms with van der Waals surface area (Å²) in [5, 5.41) is 11.0. The molecule has 2 aromatic carbocycles. The number of hydrogen-bond acceptors (Lipinski definition) is 4. The molecule has 148 valence electrons. The van der Waals surface area contributed by atoms with Gasteiger partial charge in [0.15, 0.2) is 5.75 Å². The minimum atomic E-state index is -0.374. The number of aromatic nitrogens is 1. The Bertz CT molecular complexity index is 988. The molecule has 0 saturated carbocycles. The van der Waals surface area contributed by atoms with E-state index in [1.807, 2.05) is 38.1 Å². The van der Waals surface area contributed by atoms with Gasteiger partial charge in [0.05, 0.1) is 5.52 Å². The van der Waals surface area contributed by atoms with E-state index in [9.17, 15) is 9.90 Å². The third kappa shape index (κ3) is 4.14. The Balaban J connectivity index is 1.91. The summed E-state index contributed by atoms with van der Waals surface area (Å²) in [6, 6.07) is 13.5. The molecule has 0 spiro atoms. The van der Waals surface area contributed by atoms with Crippen LogP contribution >= 0.6 is 0 Å². The first-order valence-corrected chi connectivity index (χ1v) is 9.68. The average molecular weight is 381 g/mol. The second-order valence-electron chi connectivity index (χ2n) is 7.40. The Labute approximate surface area is 165 Å². The van der Waals surface area contributed by atoms with E-state index in [-0.39, 0.29) is 11.9 Å². The van der Waals surface area contributed by atoms with Gasteiger partial charge in [0, 0.05) is 24.0 Å². The lowest BCUT2D eigenvalue weighted by Gasteiger charge is -2.13. The predicted molar refractivity (Wildman–Crippen MR) is 110 cm³/mol. The molecule has 0 aliphatic carbocycles. The normalized spacial score (nSPS) is 11.2. The molecule has 5 nitrogen and oxygen atoms in total. The number of fused-ring (bicyclic) bond motifs is 1. The van der Waals surface area contributed by atoms with E-state index in [1.54, 1.807) is 12.1 Å². The molecule has 0 atom stereocenters. The summed E-state index contributed by atoms with van der Waals surface area (Å²) in [5.41, 5.74) is 4.13. The van der Waals surface area contributed by atoms with Crippen molar-refractivity contribution in [2.24, 2.45) is 0 Å². The van der Waals surface area contributed by atoms with E-state index < -0.39 is 0 Å². The fourth-order valence-corrected chi connectivity index (χ4v) is 3.36. The number of aryl methyl sites for hydroxylation is 1. The third-order valence-electron chi connectivity index (χ3n) is 4.85. The van der Waals surface area contributed by atoms with Crippen molar-refractivity contribution in [1.29, 1.82) is 0 Å². The maximum Gasteiger partial charge on any atom is 0.355 e. The zero-order chi connectivity index (χ0) is 20.3. The largest absolute Gasteiger partial charge is 0.508 e. The van der Waals surface area contributed by atoms with E-state index in [4.69, 9.17) is 9.78 Å². The Morgan fingerprint density at radius 3 is 2.68 bits per heavy atom. The summed E-state index contributed by atoms with van der Waals surface area (Å²) in [6.07, 6.45) is 1.04. The Hall–Kier alpha value is -2.95. The molecule has 0 saturated heterocycles. The van der Waals surface area contributed by atoms with Gasteiger partial charge in [-0.3, -0.25) is 9.78 Å². The van der Waals surface area contributed by atoms with Crippen LogP contribution in [0.15, 0.2) is 42.5 Å². The van der Waals surface area contributed by atoms with E-state index in [0.29, 0.717) is 30.9 Å². The van der Waals surface area contributed by atoms with Crippen molar-refractivity contribution in [3.63, 3.8) is 0 Å². The second-order valence-corrected chi connectivity index (χ2v) is 7.40. The number of carbonyl (C=O) groups excluding carboxylic acids is 1. The van der Waals surface area contributed by atoms with E-state index in [2.05, 4.69) is 24.5 Å². The zero-order valence-corrected chi connectivity index (χ0v) is 16.9. The molecule has 28 heavy (non-hydrogen) atoms. The summed E-state index contributed by atoms with van der Waals surface area (Å²) >= 11 is 0. The lowest BCUT2D eigenvalue weighted by molar-refractivity contribution is -0.213. The molecule has 0 fully saturated rings. The number of rotatable bonds is 7. The van der Waals surface area contributed by atoms with Crippen LogP contribution in [0.4, 0.5) is 0 Å². The van der Waals surface area contributed by atoms with Crippen molar-refractivity contribution < 1.29 is 19.7 Å². The van der Waals surface area contributed by atoms with Crippen LogP contribution in [-0.4, -0.2) is 15.6 Å². The highest BCUT2D eigenvalue weighted by atomic mass is 17.2. The number of aromatic hydroxyl groups is 1. The molecule has 3 aromatic rings. The molecule has 0 bridgehead atoms. The van der Waals surface area contributed by atoms with Crippen LogP contribution in [0.3, 0.4) is 0 Å². The summed E-state index contributed by atoms with van der Waals surface area (Å²) in [7, 11) is 0. The van der Waals surface area contributed by atoms with Crippen LogP contribution in [0.1, 0.15) is 56.4 Å². The molecule has 3 rings (SSSR count). The van der Waals surface area contributed by atoms with Gasteiger partial charge in [-0.25, -0.2) is 4.79 Å². The molecule has 5 heteroatoms.